The maximum Gasteiger partial charge on any atom is 0.355 e. The molecule has 1 aromatic rings. The highest BCUT2D eigenvalue weighted by atomic mass is 16.5. The van der Waals surface area contributed by atoms with Crippen molar-refractivity contribution in [1.29, 1.82) is 0 Å². The molecule has 28 heavy (non-hydrogen) atoms. The summed E-state index contributed by atoms with van der Waals surface area (Å²) < 4.78 is 11.9. The zero-order chi connectivity index (χ0) is 21.6. The molecule has 1 unspecified atom stereocenters. The van der Waals surface area contributed by atoms with Crippen molar-refractivity contribution in [3.63, 3.8) is 0 Å². The maximum absolute atomic E-state index is 13.3. The monoisotopic (exact) mass is 394 g/mol. The zero-order valence-corrected chi connectivity index (χ0v) is 18.4. The summed E-state index contributed by atoms with van der Waals surface area (Å²) in [6.07, 6.45) is 0.646. The summed E-state index contributed by atoms with van der Waals surface area (Å²) in [5, 5.41) is 0. The summed E-state index contributed by atoms with van der Waals surface area (Å²) in [4.78, 5) is 40.0. The van der Waals surface area contributed by atoms with Crippen LogP contribution in [0.3, 0.4) is 0 Å². The van der Waals surface area contributed by atoms with Crippen molar-refractivity contribution in [2.24, 2.45) is 13.0 Å². The van der Waals surface area contributed by atoms with E-state index in [0.29, 0.717) is 42.1 Å². The van der Waals surface area contributed by atoms with Gasteiger partial charge < -0.3 is 18.9 Å². The average Bonchev–Trinajstić information content (AvgIpc) is 2.86. The topological polar surface area (TPSA) is 77.8 Å². The van der Waals surface area contributed by atoms with Gasteiger partial charge in [0.05, 0.1) is 12.6 Å². The average molecular weight is 395 g/mol. The van der Waals surface area contributed by atoms with Crippen LogP contribution in [0, 0.1) is 19.8 Å². The minimum atomic E-state index is -0.637. The molecule has 7 nitrogen and oxygen atoms in total. The maximum atomic E-state index is 13.3. The molecule has 0 aliphatic heterocycles. The SMILES string of the molecule is CCOC(=O)c1c(C)c(C(=O)C(C)N(CCCOC)C(=O)C(C)C)c(C)n1C. The summed E-state index contributed by atoms with van der Waals surface area (Å²) in [5.41, 5.74) is 2.12. The van der Waals surface area contributed by atoms with E-state index in [2.05, 4.69) is 0 Å². The van der Waals surface area contributed by atoms with Crippen molar-refractivity contribution in [3.8, 4) is 0 Å². The normalized spacial score (nSPS) is 12.2. The van der Waals surface area contributed by atoms with Crippen molar-refractivity contribution in [3.05, 3.63) is 22.5 Å². The number of carbonyl (C=O) groups is 3. The number of amides is 1. The number of esters is 1. The number of rotatable bonds is 10. The number of carbonyl (C=O) groups excluding carboxylic acids is 3. The lowest BCUT2D eigenvalue weighted by atomic mass is 9.98. The van der Waals surface area contributed by atoms with Gasteiger partial charge in [-0.3, -0.25) is 9.59 Å². The molecule has 158 valence electrons. The highest BCUT2D eigenvalue weighted by Crippen LogP contribution is 2.25. The van der Waals surface area contributed by atoms with Gasteiger partial charge in [-0.1, -0.05) is 13.8 Å². The molecule has 0 fully saturated rings. The standard InChI is InChI=1S/C21H34N2O5/c1-9-28-21(26)18-14(4)17(15(5)22(18)7)19(24)16(6)23(11-10-12-27-8)20(25)13(2)3/h13,16H,9-12H2,1-8H3. The first-order valence-electron chi connectivity index (χ1n) is 9.76. The molecule has 0 bridgehead atoms. The number of nitrogens with zero attached hydrogens (tertiary/aromatic N) is 2. The number of aromatic nitrogens is 1. The predicted molar refractivity (Wildman–Crippen MR) is 108 cm³/mol. The molecule has 1 heterocycles. The van der Waals surface area contributed by atoms with Crippen LogP contribution in [0.1, 0.15) is 66.2 Å². The fraction of sp³-hybridized carbons (Fsp3) is 0.667. The second kappa shape index (κ2) is 10.4. The second-order valence-corrected chi connectivity index (χ2v) is 7.29. The molecule has 0 N–H and O–H groups in total. The first-order valence-corrected chi connectivity index (χ1v) is 9.76. The van der Waals surface area contributed by atoms with Crippen LogP contribution in [-0.2, 0) is 21.3 Å². The van der Waals surface area contributed by atoms with E-state index in [1.165, 1.54) is 0 Å². The molecule has 1 rings (SSSR count). The van der Waals surface area contributed by atoms with Crippen LogP contribution in [0.4, 0.5) is 0 Å². The van der Waals surface area contributed by atoms with Crippen LogP contribution in [0.2, 0.25) is 0 Å². The quantitative estimate of drug-likeness (QED) is 0.346. The van der Waals surface area contributed by atoms with Crippen LogP contribution in [-0.4, -0.2) is 60.0 Å². The Balaban J connectivity index is 3.28. The number of methoxy groups -OCH3 is 1. The minimum absolute atomic E-state index is 0.0752. The van der Waals surface area contributed by atoms with Gasteiger partial charge >= 0.3 is 5.97 Å². The van der Waals surface area contributed by atoms with Crippen molar-refractivity contribution < 1.29 is 23.9 Å². The van der Waals surface area contributed by atoms with Crippen LogP contribution in [0.5, 0.6) is 0 Å². The first-order chi connectivity index (χ1) is 13.1. The van der Waals surface area contributed by atoms with Gasteiger partial charge in [-0.15, -0.1) is 0 Å². The van der Waals surface area contributed by atoms with Crippen LogP contribution < -0.4 is 0 Å². The molecule has 0 radical (unpaired) electrons. The summed E-state index contributed by atoms with van der Waals surface area (Å²) in [6.45, 7) is 11.9. The fourth-order valence-electron chi connectivity index (χ4n) is 3.39. The van der Waals surface area contributed by atoms with E-state index in [1.54, 1.807) is 51.3 Å². The molecule has 1 aromatic heterocycles. The zero-order valence-electron chi connectivity index (χ0n) is 18.4. The van der Waals surface area contributed by atoms with E-state index < -0.39 is 12.0 Å². The molecular formula is C21H34N2O5. The molecular weight excluding hydrogens is 360 g/mol. The molecule has 0 saturated carbocycles. The lowest BCUT2D eigenvalue weighted by Crippen LogP contribution is -2.46. The van der Waals surface area contributed by atoms with Crippen LogP contribution in [0.25, 0.3) is 0 Å². The van der Waals surface area contributed by atoms with Crippen molar-refractivity contribution in [1.82, 2.24) is 9.47 Å². The van der Waals surface area contributed by atoms with E-state index in [0.717, 1.165) is 0 Å². The Morgan fingerprint density at radius 2 is 1.75 bits per heavy atom. The van der Waals surface area contributed by atoms with Gasteiger partial charge in [-0.25, -0.2) is 4.79 Å². The molecule has 1 amide bonds. The van der Waals surface area contributed by atoms with Gasteiger partial charge in [0.2, 0.25) is 5.91 Å². The van der Waals surface area contributed by atoms with Crippen LogP contribution in [0.15, 0.2) is 0 Å². The largest absolute Gasteiger partial charge is 0.461 e. The number of hydrogen-bond acceptors (Lipinski definition) is 5. The molecule has 0 saturated heterocycles. The highest BCUT2D eigenvalue weighted by molar-refractivity contribution is 6.06. The Hall–Kier alpha value is -2.15. The van der Waals surface area contributed by atoms with Gasteiger partial charge in [-0.2, -0.15) is 0 Å². The van der Waals surface area contributed by atoms with E-state index in [4.69, 9.17) is 9.47 Å². The minimum Gasteiger partial charge on any atom is -0.461 e. The number of ketones is 1. The van der Waals surface area contributed by atoms with Gasteiger partial charge in [0.1, 0.15) is 5.69 Å². The third kappa shape index (κ3) is 5.01. The summed E-state index contributed by atoms with van der Waals surface area (Å²) in [7, 11) is 3.35. The number of ether oxygens (including phenoxy) is 2. The van der Waals surface area contributed by atoms with Gasteiger partial charge in [0, 0.05) is 44.5 Å². The lowest BCUT2D eigenvalue weighted by molar-refractivity contribution is -0.135. The highest BCUT2D eigenvalue weighted by Gasteiger charge is 2.32. The van der Waals surface area contributed by atoms with Crippen molar-refractivity contribution in [2.75, 3.05) is 26.9 Å². The van der Waals surface area contributed by atoms with E-state index in [1.807, 2.05) is 13.8 Å². The van der Waals surface area contributed by atoms with E-state index in [9.17, 15) is 14.4 Å². The summed E-state index contributed by atoms with van der Waals surface area (Å²) in [6, 6.07) is -0.637. The molecule has 1 atom stereocenters. The lowest BCUT2D eigenvalue weighted by Gasteiger charge is -2.30. The molecule has 0 spiro atoms. The van der Waals surface area contributed by atoms with Gasteiger partial charge in [0.15, 0.2) is 5.78 Å². The third-order valence-electron chi connectivity index (χ3n) is 5.02. The Bertz CT molecular complexity index is 721. The molecule has 0 aliphatic carbocycles. The number of hydrogen-bond donors (Lipinski definition) is 0. The molecule has 0 aromatic carbocycles. The van der Waals surface area contributed by atoms with Crippen molar-refractivity contribution in [2.45, 2.75) is 54.0 Å². The van der Waals surface area contributed by atoms with Crippen molar-refractivity contribution >= 4 is 17.7 Å². The van der Waals surface area contributed by atoms with Gasteiger partial charge in [0.25, 0.3) is 0 Å². The third-order valence-corrected chi connectivity index (χ3v) is 5.02. The smallest absolute Gasteiger partial charge is 0.355 e. The van der Waals surface area contributed by atoms with Gasteiger partial charge in [-0.05, 0) is 39.7 Å². The second-order valence-electron chi connectivity index (χ2n) is 7.29. The summed E-state index contributed by atoms with van der Waals surface area (Å²) in [5.74, 6) is -0.917. The Morgan fingerprint density at radius 3 is 2.25 bits per heavy atom. The Morgan fingerprint density at radius 1 is 1.14 bits per heavy atom. The molecule has 0 aliphatic rings. The fourth-order valence-corrected chi connectivity index (χ4v) is 3.39. The Labute approximate surface area is 168 Å². The van der Waals surface area contributed by atoms with E-state index in [-0.39, 0.29) is 24.2 Å². The number of Topliss-reactive ketones (excluding diaryl/α,β-unsaturated/α-hetero) is 1. The molecule has 7 heteroatoms. The van der Waals surface area contributed by atoms with E-state index >= 15 is 0 Å². The Kier molecular flexibility index (Phi) is 8.88. The van der Waals surface area contributed by atoms with Crippen LogP contribution >= 0.6 is 0 Å². The first kappa shape index (κ1) is 23.9. The predicted octanol–water partition coefficient (Wildman–Crippen LogP) is 2.91. The summed E-state index contributed by atoms with van der Waals surface area (Å²) >= 11 is 0.